The molecule has 3 N–H and O–H groups in total. The Labute approximate surface area is 168 Å². The Morgan fingerprint density at radius 1 is 1.21 bits per heavy atom. The minimum Gasteiger partial charge on any atom is -0.492 e. The number of nitrogens with one attached hydrogen (secondary N) is 3. The van der Waals surface area contributed by atoms with Gasteiger partial charge in [0.25, 0.3) is 0 Å². The number of urea groups is 1. The molecule has 0 saturated heterocycles. The number of carbonyl (C=O) groups is 2. The molecule has 0 aliphatic carbocycles. The molecule has 154 valence electrons. The molecule has 1 aliphatic heterocycles. The summed E-state index contributed by atoms with van der Waals surface area (Å²) in [5.74, 6) is 0.556. The summed E-state index contributed by atoms with van der Waals surface area (Å²) in [4.78, 5) is 24.1. The number of hydrogen-bond donors (Lipinski definition) is 3. The van der Waals surface area contributed by atoms with E-state index in [2.05, 4.69) is 16.0 Å². The second-order valence-corrected chi connectivity index (χ2v) is 6.73. The zero-order chi connectivity index (χ0) is 20.8. The van der Waals surface area contributed by atoms with Crippen LogP contribution in [0.25, 0.3) is 0 Å². The van der Waals surface area contributed by atoms with Crippen molar-refractivity contribution in [2.45, 2.75) is 32.9 Å². The topological polar surface area (TPSA) is 88.7 Å². The predicted molar refractivity (Wildman–Crippen MR) is 107 cm³/mol. The quantitative estimate of drug-likeness (QED) is 0.666. The van der Waals surface area contributed by atoms with Gasteiger partial charge in [0.2, 0.25) is 5.91 Å². The largest absolute Gasteiger partial charge is 0.492 e. The molecule has 1 atom stereocenters. The Bertz CT molecular complexity index is 886. The number of benzene rings is 2. The highest BCUT2D eigenvalue weighted by molar-refractivity contribution is 5.95. The molecule has 0 aromatic heterocycles. The molecule has 1 aliphatic rings. The van der Waals surface area contributed by atoms with Gasteiger partial charge in [-0.2, -0.15) is 0 Å². The van der Waals surface area contributed by atoms with Crippen LogP contribution < -0.4 is 25.4 Å². The molecule has 0 fully saturated rings. The molecule has 0 radical (unpaired) electrons. The Hall–Kier alpha value is -3.29. The second-order valence-electron chi connectivity index (χ2n) is 6.73. The Morgan fingerprint density at radius 2 is 1.97 bits per heavy atom. The van der Waals surface area contributed by atoms with E-state index in [1.54, 1.807) is 18.2 Å². The summed E-state index contributed by atoms with van der Waals surface area (Å²) >= 11 is 0. The van der Waals surface area contributed by atoms with E-state index in [0.717, 1.165) is 23.3 Å². The highest BCUT2D eigenvalue weighted by atomic mass is 19.1. The van der Waals surface area contributed by atoms with Crippen LogP contribution in [0.5, 0.6) is 11.5 Å². The van der Waals surface area contributed by atoms with Gasteiger partial charge in [0.1, 0.15) is 23.4 Å². The summed E-state index contributed by atoms with van der Waals surface area (Å²) < 4.78 is 24.2. The molecule has 0 unspecified atom stereocenters. The van der Waals surface area contributed by atoms with Crippen molar-refractivity contribution in [2.24, 2.45) is 0 Å². The van der Waals surface area contributed by atoms with Crippen molar-refractivity contribution in [3.05, 3.63) is 53.3 Å². The molecule has 1 heterocycles. The molecule has 0 bridgehead atoms. The van der Waals surface area contributed by atoms with E-state index in [9.17, 15) is 14.0 Å². The summed E-state index contributed by atoms with van der Waals surface area (Å²) in [7, 11) is 0. The van der Waals surface area contributed by atoms with E-state index in [4.69, 9.17) is 9.47 Å². The molecule has 3 rings (SSSR count). The van der Waals surface area contributed by atoms with E-state index < -0.39 is 11.9 Å². The van der Waals surface area contributed by atoms with Gasteiger partial charge < -0.3 is 25.4 Å². The number of halogens is 1. The van der Waals surface area contributed by atoms with Gasteiger partial charge in [-0.1, -0.05) is 12.1 Å². The first kappa shape index (κ1) is 20.4. The molecular formula is C21H24FN3O4. The Balaban J connectivity index is 1.51. The van der Waals surface area contributed by atoms with Crippen molar-refractivity contribution < 1.29 is 23.5 Å². The third-order valence-electron chi connectivity index (χ3n) is 4.35. The number of ether oxygens (including phenoxy) is 2. The third-order valence-corrected chi connectivity index (χ3v) is 4.35. The lowest BCUT2D eigenvalue weighted by molar-refractivity contribution is -0.115. The van der Waals surface area contributed by atoms with Crippen molar-refractivity contribution in [2.75, 3.05) is 18.5 Å². The van der Waals surface area contributed by atoms with Crippen LogP contribution in [0.2, 0.25) is 0 Å². The average Bonchev–Trinajstić information content (AvgIpc) is 3.05. The molecular weight excluding hydrogens is 377 g/mol. The summed E-state index contributed by atoms with van der Waals surface area (Å²) in [6.45, 7) is 4.32. The lowest BCUT2D eigenvalue weighted by Crippen LogP contribution is -2.39. The molecule has 7 nitrogen and oxygen atoms in total. The van der Waals surface area contributed by atoms with Gasteiger partial charge in [0.15, 0.2) is 0 Å². The first-order chi connectivity index (χ1) is 13.9. The maximum atomic E-state index is 12.9. The predicted octanol–water partition coefficient (Wildman–Crippen LogP) is 2.99. The van der Waals surface area contributed by atoms with Crippen LogP contribution in [0.4, 0.5) is 14.9 Å². The van der Waals surface area contributed by atoms with Gasteiger partial charge in [0, 0.05) is 24.6 Å². The fourth-order valence-corrected chi connectivity index (χ4v) is 3.01. The SMILES string of the molecule is CCOc1cc2c(cc1NC(=O)CNC(=O)NCc1ccc(F)cc1)O[C@@H](C)C2. The van der Waals surface area contributed by atoms with Crippen LogP contribution >= 0.6 is 0 Å². The maximum absolute atomic E-state index is 12.9. The van der Waals surface area contributed by atoms with Gasteiger partial charge in [-0.25, -0.2) is 9.18 Å². The van der Waals surface area contributed by atoms with Crippen molar-refractivity contribution in [3.63, 3.8) is 0 Å². The Kier molecular flexibility index (Phi) is 6.54. The van der Waals surface area contributed by atoms with Crippen LogP contribution in [-0.4, -0.2) is 31.2 Å². The lowest BCUT2D eigenvalue weighted by Gasteiger charge is -2.14. The first-order valence-electron chi connectivity index (χ1n) is 9.47. The van der Waals surface area contributed by atoms with E-state index in [-0.39, 0.29) is 25.0 Å². The van der Waals surface area contributed by atoms with Crippen molar-refractivity contribution in [1.82, 2.24) is 10.6 Å². The molecule has 0 saturated carbocycles. The van der Waals surface area contributed by atoms with Gasteiger partial charge >= 0.3 is 6.03 Å². The van der Waals surface area contributed by atoms with E-state index >= 15 is 0 Å². The fourth-order valence-electron chi connectivity index (χ4n) is 3.01. The zero-order valence-corrected chi connectivity index (χ0v) is 16.4. The molecule has 0 spiro atoms. The van der Waals surface area contributed by atoms with Crippen molar-refractivity contribution >= 4 is 17.6 Å². The Morgan fingerprint density at radius 3 is 2.69 bits per heavy atom. The van der Waals surface area contributed by atoms with E-state index in [1.807, 2.05) is 19.9 Å². The zero-order valence-electron chi connectivity index (χ0n) is 16.4. The van der Waals surface area contributed by atoms with Crippen LogP contribution in [0.15, 0.2) is 36.4 Å². The number of amides is 3. The molecule has 29 heavy (non-hydrogen) atoms. The molecule has 8 heteroatoms. The minimum absolute atomic E-state index is 0.0805. The minimum atomic E-state index is -0.499. The number of fused-ring (bicyclic) bond motifs is 1. The highest BCUT2D eigenvalue weighted by Gasteiger charge is 2.22. The molecule has 2 aromatic rings. The lowest BCUT2D eigenvalue weighted by atomic mass is 10.1. The standard InChI is InChI=1S/C21H24FN3O4/c1-3-28-19-9-15-8-13(2)29-18(15)10-17(19)25-20(26)12-24-21(27)23-11-14-4-6-16(22)7-5-14/h4-7,9-10,13H,3,8,11-12H2,1-2H3,(H,25,26)(H2,23,24,27)/t13-/m0/s1. The maximum Gasteiger partial charge on any atom is 0.315 e. The number of anilines is 1. The van der Waals surface area contributed by atoms with Crippen LogP contribution in [0, 0.1) is 5.82 Å². The van der Waals surface area contributed by atoms with Gasteiger partial charge in [-0.15, -0.1) is 0 Å². The normalized spacial score (nSPS) is 14.5. The first-order valence-corrected chi connectivity index (χ1v) is 9.47. The number of carbonyl (C=O) groups excluding carboxylic acids is 2. The smallest absolute Gasteiger partial charge is 0.315 e. The summed E-state index contributed by atoms with van der Waals surface area (Å²) in [5, 5.41) is 7.85. The number of rotatable bonds is 7. The van der Waals surface area contributed by atoms with Crippen LogP contribution in [-0.2, 0) is 17.8 Å². The van der Waals surface area contributed by atoms with Gasteiger partial charge in [0.05, 0.1) is 18.8 Å². The molecule has 2 aromatic carbocycles. The van der Waals surface area contributed by atoms with Crippen molar-refractivity contribution in [1.29, 1.82) is 0 Å². The monoisotopic (exact) mass is 401 g/mol. The van der Waals surface area contributed by atoms with Gasteiger partial charge in [-0.05, 0) is 37.6 Å². The van der Waals surface area contributed by atoms with Crippen LogP contribution in [0.1, 0.15) is 25.0 Å². The number of hydrogen-bond acceptors (Lipinski definition) is 4. The van der Waals surface area contributed by atoms with E-state index in [0.29, 0.717) is 18.0 Å². The second kappa shape index (κ2) is 9.27. The highest BCUT2D eigenvalue weighted by Crippen LogP contribution is 2.37. The van der Waals surface area contributed by atoms with E-state index in [1.165, 1.54) is 12.1 Å². The summed E-state index contributed by atoms with van der Waals surface area (Å²) in [6.07, 6.45) is 0.872. The third kappa shape index (κ3) is 5.60. The fraction of sp³-hybridized carbons (Fsp3) is 0.333. The molecule has 3 amide bonds. The van der Waals surface area contributed by atoms with Crippen molar-refractivity contribution in [3.8, 4) is 11.5 Å². The van der Waals surface area contributed by atoms with Crippen LogP contribution in [0.3, 0.4) is 0 Å². The average molecular weight is 401 g/mol. The summed E-state index contributed by atoms with van der Waals surface area (Å²) in [5.41, 5.74) is 2.29. The van der Waals surface area contributed by atoms with Gasteiger partial charge in [-0.3, -0.25) is 4.79 Å². The summed E-state index contributed by atoms with van der Waals surface area (Å²) in [6, 6.07) is 8.92.